The van der Waals surface area contributed by atoms with Gasteiger partial charge in [-0.15, -0.1) is 0 Å². The molecule has 10 atom stereocenters. The van der Waals surface area contributed by atoms with E-state index in [1.807, 2.05) is 85.1 Å². The summed E-state index contributed by atoms with van der Waals surface area (Å²) in [6.45, 7) is 47.8. The molecule has 9 aliphatic rings. The van der Waals surface area contributed by atoms with Gasteiger partial charge < -0.3 is 55.1 Å². The predicted octanol–water partition coefficient (Wildman–Crippen LogP) is 8.79. The molecule has 11 heterocycles. The van der Waals surface area contributed by atoms with E-state index in [2.05, 4.69) is 146 Å². The van der Waals surface area contributed by atoms with Gasteiger partial charge >= 0.3 is 0 Å². The first-order valence-electron chi connectivity index (χ1n) is 43.0. The average Bonchev–Trinajstić information content (AvgIpc) is 1.61. The summed E-state index contributed by atoms with van der Waals surface area (Å²) in [6.07, 6.45) is 5.74. The van der Waals surface area contributed by atoms with Crippen molar-refractivity contribution in [3.8, 4) is 0 Å². The molecule has 0 aliphatic carbocycles. The lowest BCUT2D eigenvalue weighted by Gasteiger charge is -2.48. The fourth-order valence-electron chi connectivity index (χ4n) is 19.2. The van der Waals surface area contributed by atoms with Crippen LogP contribution in [0, 0.1) is 31.3 Å². The van der Waals surface area contributed by atoms with Crippen LogP contribution in [0.2, 0.25) is 0 Å². The van der Waals surface area contributed by atoms with Crippen LogP contribution in [0.1, 0.15) is 151 Å². The number of aryl methyl sites for hydroxylation is 2. The fourth-order valence-corrected chi connectivity index (χ4v) is 19.2. The van der Waals surface area contributed by atoms with Crippen molar-refractivity contribution in [2.75, 3.05) is 179 Å². The Balaban J connectivity index is 0.000000153. The molecule has 0 radical (unpaired) electrons. The van der Waals surface area contributed by atoms with Crippen molar-refractivity contribution >= 4 is 34.8 Å². The number of pyridine rings is 2. The average molecular weight is 1630 g/mol. The highest BCUT2D eigenvalue weighted by atomic mass is 19.1. The van der Waals surface area contributed by atoms with Gasteiger partial charge in [0.2, 0.25) is 17.7 Å². The van der Waals surface area contributed by atoms with Crippen LogP contribution in [-0.4, -0.2) is 291 Å². The molecule has 0 bridgehead atoms. The number of hydrogen-bond donors (Lipinski definition) is 5. The van der Waals surface area contributed by atoms with Gasteiger partial charge in [-0.3, -0.25) is 53.8 Å². The number of piperazine rings is 3. The molecular weight excluding hydrogens is 1500 g/mol. The summed E-state index contributed by atoms with van der Waals surface area (Å²) < 4.78 is 57.7. The maximum atomic E-state index is 14.0. The number of aliphatic hydroxyl groups is 2. The van der Waals surface area contributed by atoms with E-state index in [0.29, 0.717) is 109 Å². The standard InChI is InChI=1S/C31H44FN5O3.C31H44FN5O2.C31H43FN4O3/c1-21-10-24(32)7-6-23(21)11-25-12-28-27(14-34-25)30(3,4)18-37(28)29(39)17-35-15-22(2)33-13-26(35)16-36-8-9-40-20-31(36,5)19-38;1-20-9-25(32)8-7-24(20)10-26-11-29-28(13-34-26)31(5,6)19-37(29)30(38)16-35-14-21(2)33-12-27(35)15-36-22(3)17-39-18-23(36)4;1-22-16-34(26(15-33-22)17-35-11-12-39-21-31(35,4)20-37)18-29(38)36-19-30(2,3)27-10-7-24(14-28(27)36)13-23-5-8-25(32)9-6-23/h6-7,10,12,14,22,26,33,38H,8-9,11,13,15-20H2,1-5H3;7-9,11,13,21-23,27,33H,10,12,14-19H2,1-6H3;5-10,14,22,26,33,37H,11-13,15-21H2,1-4H3/t22-,26-,31+;21-,22-,23-,27-;22-,26-,31-/m111/s1. The topological polar surface area (TPSA) is 210 Å². The van der Waals surface area contributed by atoms with Crippen LogP contribution in [0.15, 0.2) is 103 Å². The molecule has 118 heavy (non-hydrogen) atoms. The van der Waals surface area contributed by atoms with Crippen molar-refractivity contribution in [2.45, 2.75) is 199 Å². The first-order valence-corrected chi connectivity index (χ1v) is 43.0. The van der Waals surface area contributed by atoms with Crippen LogP contribution < -0.4 is 30.7 Å². The second-order valence-electron chi connectivity index (χ2n) is 38.0. The number of ether oxygens (including phenoxy) is 3. The highest BCUT2D eigenvalue weighted by Crippen LogP contribution is 2.45. The molecule has 5 N–H and O–H groups in total. The molecule has 2 aromatic heterocycles. The summed E-state index contributed by atoms with van der Waals surface area (Å²) in [5.41, 5.74) is 12.7. The van der Waals surface area contributed by atoms with E-state index in [1.165, 1.54) is 29.8 Å². The highest BCUT2D eigenvalue weighted by Gasteiger charge is 2.46. The number of amides is 3. The molecule has 4 aromatic carbocycles. The van der Waals surface area contributed by atoms with Crippen molar-refractivity contribution in [1.29, 1.82) is 0 Å². The molecule has 9 aliphatic heterocycles. The van der Waals surface area contributed by atoms with Crippen molar-refractivity contribution in [3.63, 3.8) is 0 Å². The third-order valence-electron chi connectivity index (χ3n) is 26.6. The molecule has 6 aromatic rings. The molecule has 6 fully saturated rings. The van der Waals surface area contributed by atoms with Crippen LogP contribution in [0.4, 0.5) is 30.2 Å². The number of halogens is 3. The minimum Gasteiger partial charge on any atom is -0.394 e. The Labute approximate surface area is 698 Å². The number of benzene rings is 4. The van der Waals surface area contributed by atoms with Gasteiger partial charge in [-0.2, -0.15) is 0 Å². The number of morpholine rings is 3. The minimum absolute atomic E-state index is 0.0376. The molecular formula is C93H131F3N14O8. The monoisotopic (exact) mass is 1630 g/mol. The van der Waals surface area contributed by atoms with Crippen molar-refractivity contribution in [3.05, 3.63) is 182 Å². The van der Waals surface area contributed by atoms with Gasteiger partial charge in [0.25, 0.3) is 0 Å². The van der Waals surface area contributed by atoms with Gasteiger partial charge in [-0.25, -0.2) is 13.2 Å². The Kier molecular flexibility index (Phi) is 28.0. The zero-order chi connectivity index (χ0) is 84.3. The number of carbonyl (C=O) groups is 3. The molecule has 22 nitrogen and oxygen atoms in total. The lowest BCUT2D eigenvalue weighted by Crippen LogP contribution is -2.65. The van der Waals surface area contributed by atoms with E-state index < -0.39 is 11.1 Å². The maximum Gasteiger partial charge on any atom is 0.241 e. The van der Waals surface area contributed by atoms with Crippen molar-refractivity contribution < 1.29 is 52.0 Å². The third-order valence-corrected chi connectivity index (χ3v) is 26.6. The van der Waals surface area contributed by atoms with E-state index in [-0.39, 0.29) is 88.8 Å². The maximum absolute atomic E-state index is 14.0. The fraction of sp³-hybridized carbons (Fsp3) is 0.602. The first kappa shape index (κ1) is 88.6. The molecule has 3 amide bonds. The van der Waals surface area contributed by atoms with Gasteiger partial charge in [0.1, 0.15) is 17.5 Å². The summed E-state index contributed by atoms with van der Waals surface area (Å²) in [6, 6.07) is 29.1. The largest absolute Gasteiger partial charge is 0.394 e. The Morgan fingerprint density at radius 1 is 0.466 bits per heavy atom. The Morgan fingerprint density at radius 2 is 0.847 bits per heavy atom. The number of anilines is 3. The summed E-state index contributed by atoms with van der Waals surface area (Å²) in [7, 11) is 0. The number of aliphatic hydroxyl groups excluding tert-OH is 2. The predicted molar refractivity (Wildman–Crippen MR) is 459 cm³/mol. The number of fused-ring (bicyclic) bond motifs is 3. The number of nitrogens with zero attached hydrogens (tertiary/aromatic N) is 11. The zero-order valence-electron chi connectivity index (χ0n) is 72.6. The lowest BCUT2D eigenvalue weighted by atomic mass is 9.86. The summed E-state index contributed by atoms with van der Waals surface area (Å²) in [5.74, 6) is -0.355. The molecule has 25 heteroatoms. The number of hydrogen-bond acceptors (Lipinski definition) is 19. The van der Waals surface area contributed by atoms with Gasteiger partial charge in [-0.1, -0.05) is 77.9 Å². The van der Waals surface area contributed by atoms with Crippen LogP contribution in [0.25, 0.3) is 0 Å². The highest BCUT2D eigenvalue weighted by molar-refractivity contribution is 5.99. The first-order chi connectivity index (χ1) is 56.1. The normalized spacial score (nSPS) is 27.4. The van der Waals surface area contributed by atoms with Gasteiger partial charge in [0.05, 0.1) is 94.9 Å². The van der Waals surface area contributed by atoms with Crippen molar-refractivity contribution in [1.82, 2.24) is 55.3 Å². The van der Waals surface area contributed by atoms with Crippen LogP contribution in [-0.2, 0) is 64.1 Å². The van der Waals surface area contributed by atoms with Crippen molar-refractivity contribution in [2.24, 2.45) is 0 Å². The second-order valence-corrected chi connectivity index (χ2v) is 38.0. The van der Waals surface area contributed by atoms with Crippen LogP contribution >= 0.6 is 0 Å². The molecule has 6 saturated heterocycles. The summed E-state index contributed by atoms with van der Waals surface area (Å²) in [5, 5.41) is 31.0. The molecule has 642 valence electrons. The molecule has 0 spiro atoms. The van der Waals surface area contributed by atoms with E-state index in [1.54, 1.807) is 12.1 Å². The van der Waals surface area contributed by atoms with E-state index in [9.17, 15) is 37.8 Å². The number of aromatic nitrogens is 2. The summed E-state index contributed by atoms with van der Waals surface area (Å²) >= 11 is 0. The molecule has 15 rings (SSSR count). The van der Waals surface area contributed by atoms with E-state index >= 15 is 0 Å². The number of carbonyl (C=O) groups excluding carboxylic acids is 3. The Morgan fingerprint density at radius 3 is 1.25 bits per heavy atom. The molecule has 0 unspecified atom stereocenters. The zero-order valence-corrected chi connectivity index (χ0v) is 72.6. The Bertz CT molecular complexity index is 4490. The lowest BCUT2D eigenvalue weighted by molar-refractivity contribution is -0.122. The van der Waals surface area contributed by atoms with Crippen LogP contribution in [0.3, 0.4) is 0 Å². The third kappa shape index (κ3) is 20.6. The Hall–Kier alpha value is -7.18. The number of nitrogens with one attached hydrogen (secondary N) is 3. The number of rotatable bonds is 20. The minimum atomic E-state index is -0.415. The SMILES string of the molecule is C[C@@H]1CN(CC(=O)N2CC(C)(C)c3ccc(Cc4ccc(F)cc4)cc32)[C@@H](CN2CCOC[C@@]2(C)CO)CN1.Cc1cc(F)ccc1Cc1cc2c(cn1)C(C)(C)CN2C(=O)CN1C[C@@H](C)NC[C@@H]1CN1CCOC[C@]1(C)CO.Cc1cc(F)ccc1Cc1cc2c(cn1)C(C)(C)CN2C(=O)CN1C[C@@H](C)NC[C@@H]1CN1[C@H](C)COC[C@H]1C. The van der Waals surface area contributed by atoms with Gasteiger partial charge in [0, 0.05) is 210 Å². The van der Waals surface area contributed by atoms with Gasteiger partial charge in [0.15, 0.2) is 0 Å². The smallest absolute Gasteiger partial charge is 0.241 e. The second kappa shape index (κ2) is 37.3. The van der Waals surface area contributed by atoms with E-state index in [4.69, 9.17) is 24.2 Å². The van der Waals surface area contributed by atoms with Crippen LogP contribution in [0.5, 0.6) is 0 Å². The quantitative estimate of drug-likeness (QED) is 0.0484. The van der Waals surface area contributed by atoms with E-state index in [0.717, 1.165) is 158 Å². The summed E-state index contributed by atoms with van der Waals surface area (Å²) in [4.78, 5) is 71.5. The van der Waals surface area contributed by atoms with Gasteiger partial charge in [-0.05, 0) is 162 Å². The molecule has 0 saturated carbocycles.